The Labute approximate surface area is 220 Å². The van der Waals surface area contributed by atoms with Crippen LogP contribution in [0.3, 0.4) is 0 Å². The smallest absolute Gasteiger partial charge is 0.343 e. The van der Waals surface area contributed by atoms with Crippen LogP contribution in [0, 0.1) is 11.3 Å². The molecule has 3 heteroatoms. The highest BCUT2D eigenvalue weighted by atomic mass is 16.5. The van der Waals surface area contributed by atoms with Crippen molar-refractivity contribution < 1.29 is 9.53 Å². The van der Waals surface area contributed by atoms with E-state index in [1.54, 1.807) is 24.3 Å². The van der Waals surface area contributed by atoms with Crippen LogP contribution in [0.4, 0.5) is 0 Å². The molecule has 0 saturated carbocycles. The molecule has 0 fully saturated rings. The lowest BCUT2D eigenvalue weighted by molar-refractivity contribution is 0.0735. The van der Waals surface area contributed by atoms with E-state index in [2.05, 4.69) is 37.3 Å². The Kier molecular flexibility index (Phi) is 9.27. The third-order valence-electron chi connectivity index (χ3n) is 6.64. The van der Waals surface area contributed by atoms with Crippen molar-refractivity contribution in [1.29, 1.82) is 5.26 Å². The molecule has 4 aromatic rings. The van der Waals surface area contributed by atoms with Crippen molar-refractivity contribution in [3.05, 3.63) is 114 Å². The highest BCUT2D eigenvalue weighted by Crippen LogP contribution is 2.25. The summed E-state index contributed by atoms with van der Waals surface area (Å²) in [6.45, 7) is 2.25. The number of aryl methyl sites for hydroxylation is 1. The van der Waals surface area contributed by atoms with Gasteiger partial charge < -0.3 is 4.74 Å². The van der Waals surface area contributed by atoms with Gasteiger partial charge in [0.25, 0.3) is 0 Å². The number of esters is 1. The summed E-state index contributed by atoms with van der Waals surface area (Å²) in [5.74, 6) is 0.111. The summed E-state index contributed by atoms with van der Waals surface area (Å²) >= 11 is 0. The predicted molar refractivity (Wildman–Crippen MR) is 151 cm³/mol. The van der Waals surface area contributed by atoms with E-state index in [-0.39, 0.29) is 5.97 Å². The molecule has 37 heavy (non-hydrogen) atoms. The zero-order chi connectivity index (χ0) is 25.9. The summed E-state index contributed by atoms with van der Waals surface area (Å²) < 4.78 is 5.58. The average molecular weight is 488 g/mol. The van der Waals surface area contributed by atoms with E-state index < -0.39 is 0 Å². The molecule has 4 aromatic carbocycles. The van der Waals surface area contributed by atoms with Crippen LogP contribution in [-0.2, 0) is 6.42 Å². The molecule has 186 valence electrons. The summed E-state index contributed by atoms with van der Waals surface area (Å²) in [5.41, 5.74) is 6.74. The molecule has 4 rings (SSSR count). The molecule has 0 atom stereocenters. The maximum atomic E-state index is 12.7. The number of ether oxygens (including phenoxy) is 1. The van der Waals surface area contributed by atoms with Gasteiger partial charge in [0.2, 0.25) is 0 Å². The van der Waals surface area contributed by atoms with Gasteiger partial charge in [0.15, 0.2) is 0 Å². The minimum absolute atomic E-state index is 0.382. The molecule has 3 nitrogen and oxygen atoms in total. The number of carbonyl (C=O) groups is 1. The van der Waals surface area contributed by atoms with Crippen molar-refractivity contribution >= 4 is 5.97 Å². The molecule has 0 aliphatic heterocycles. The Bertz CT molecular complexity index is 1310. The zero-order valence-corrected chi connectivity index (χ0v) is 21.5. The van der Waals surface area contributed by atoms with E-state index in [9.17, 15) is 4.79 Å². The standard InChI is InChI=1S/C34H33NO2/c1-2-3-4-5-6-7-8-26-9-13-28(14-10-26)30-17-19-32(20-18-30)34(36)37-33-23-21-31(22-24-33)29-15-11-27(25-35)12-16-29/h9-24H,2-8H2,1H3. The van der Waals surface area contributed by atoms with Crippen molar-refractivity contribution in [2.24, 2.45) is 0 Å². The van der Waals surface area contributed by atoms with Crippen molar-refractivity contribution in [2.45, 2.75) is 51.9 Å². The quantitative estimate of drug-likeness (QED) is 0.120. The third-order valence-corrected chi connectivity index (χ3v) is 6.64. The third kappa shape index (κ3) is 7.41. The van der Waals surface area contributed by atoms with Gasteiger partial charge in [-0.15, -0.1) is 0 Å². The Morgan fingerprint density at radius 1 is 0.649 bits per heavy atom. The molecule has 0 aliphatic rings. The fourth-order valence-electron chi connectivity index (χ4n) is 4.39. The molecule has 0 N–H and O–H groups in total. The first-order valence-electron chi connectivity index (χ1n) is 13.2. The average Bonchev–Trinajstić information content (AvgIpc) is 2.96. The number of nitrogens with zero attached hydrogens (tertiary/aromatic N) is 1. The van der Waals surface area contributed by atoms with Crippen LogP contribution >= 0.6 is 0 Å². The Morgan fingerprint density at radius 3 is 1.70 bits per heavy atom. The summed E-state index contributed by atoms with van der Waals surface area (Å²) in [7, 11) is 0. The number of hydrogen-bond acceptors (Lipinski definition) is 3. The first-order chi connectivity index (χ1) is 18.2. The van der Waals surface area contributed by atoms with E-state index in [1.165, 1.54) is 44.1 Å². The van der Waals surface area contributed by atoms with Gasteiger partial charge in [-0.1, -0.05) is 99.7 Å². The van der Waals surface area contributed by atoms with Crippen molar-refractivity contribution in [2.75, 3.05) is 0 Å². The lowest BCUT2D eigenvalue weighted by Gasteiger charge is -2.08. The minimum Gasteiger partial charge on any atom is -0.423 e. The van der Waals surface area contributed by atoms with E-state index in [1.807, 2.05) is 48.5 Å². The molecule has 0 heterocycles. The van der Waals surface area contributed by atoms with Gasteiger partial charge in [0.1, 0.15) is 5.75 Å². The number of hydrogen-bond donors (Lipinski definition) is 0. The Morgan fingerprint density at radius 2 is 1.14 bits per heavy atom. The van der Waals surface area contributed by atoms with Crippen molar-refractivity contribution in [3.8, 4) is 34.1 Å². The molecule has 0 bridgehead atoms. The van der Waals surface area contributed by atoms with E-state index in [4.69, 9.17) is 10.00 Å². The summed E-state index contributed by atoms with van der Waals surface area (Å²) in [6, 6.07) is 33.2. The molecule has 0 spiro atoms. The number of benzene rings is 4. The number of unbranched alkanes of at least 4 members (excludes halogenated alkanes) is 5. The van der Waals surface area contributed by atoms with E-state index in [0.717, 1.165) is 28.7 Å². The van der Waals surface area contributed by atoms with Gasteiger partial charge in [-0.2, -0.15) is 5.26 Å². The molecule has 0 aromatic heterocycles. The molecule has 0 saturated heterocycles. The van der Waals surface area contributed by atoms with Crippen molar-refractivity contribution in [3.63, 3.8) is 0 Å². The largest absolute Gasteiger partial charge is 0.423 e. The van der Waals surface area contributed by atoms with Crippen LogP contribution in [0.25, 0.3) is 22.3 Å². The number of carbonyl (C=O) groups excluding carboxylic acids is 1. The first kappa shape index (κ1) is 25.9. The van der Waals surface area contributed by atoms with Gasteiger partial charge >= 0.3 is 5.97 Å². The van der Waals surface area contributed by atoms with Crippen LogP contribution in [0.15, 0.2) is 97.1 Å². The molecule has 0 unspecified atom stereocenters. The number of rotatable bonds is 11. The SMILES string of the molecule is CCCCCCCCc1ccc(-c2ccc(C(=O)Oc3ccc(-c4ccc(C#N)cc4)cc3)cc2)cc1. The predicted octanol–water partition coefficient (Wildman–Crippen LogP) is 9.01. The van der Waals surface area contributed by atoms with Gasteiger partial charge in [-0.3, -0.25) is 0 Å². The normalized spacial score (nSPS) is 10.6. The monoisotopic (exact) mass is 487 g/mol. The second-order valence-electron chi connectivity index (χ2n) is 9.40. The van der Waals surface area contributed by atoms with Crippen LogP contribution in [0.2, 0.25) is 0 Å². The zero-order valence-electron chi connectivity index (χ0n) is 21.5. The molecular formula is C34H33NO2. The molecule has 0 amide bonds. The maximum absolute atomic E-state index is 12.7. The molecular weight excluding hydrogens is 454 g/mol. The highest BCUT2D eigenvalue weighted by molar-refractivity contribution is 5.91. The van der Waals surface area contributed by atoms with Crippen LogP contribution in [0.1, 0.15) is 66.9 Å². The van der Waals surface area contributed by atoms with Crippen LogP contribution < -0.4 is 4.74 Å². The fourth-order valence-corrected chi connectivity index (χ4v) is 4.39. The summed E-state index contributed by atoms with van der Waals surface area (Å²) in [6.07, 6.45) is 9.01. The minimum atomic E-state index is -0.382. The first-order valence-corrected chi connectivity index (χ1v) is 13.2. The van der Waals surface area contributed by atoms with Crippen molar-refractivity contribution in [1.82, 2.24) is 0 Å². The topological polar surface area (TPSA) is 50.1 Å². The Balaban J connectivity index is 1.30. The van der Waals surface area contributed by atoms with Crippen LogP contribution in [-0.4, -0.2) is 5.97 Å². The van der Waals surface area contributed by atoms with Crippen LogP contribution in [0.5, 0.6) is 5.75 Å². The lowest BCUT2D eigenvalue weighted by Crippen LogP contribution is -2.08. The lowest BCUT2D eigenvalue weighted by atomic mass is 10.00. The van der Waals surface area contributed by atoms with Gasteiger partial charge in [-0.05, 0) is 77.1 Å². The molecule has 0 aliphatic carbocycles. The molecule has 0 radical (unpaired) electrons. The maximum Gasteiger partial charge on any atom is 0.343 e. The van der Waals surface area contributed by atoms with Gasteiger partial charge in [0, 0.05) is 0 Å². The Hall–Kier alpha value is -4.16. The van der Waals surface area contributed by atoms with Gasteiger partial charge in [0.05, 0.1) is 17.2 Å². The highest BCUT2D eigenvalue weighted by Gasteiger charge is 2.10. The number of nitriles is 1. The van der Waals surface area contributed by atoms with Gasteiger partial charge in [-0.25, -0.2) is 4.79 Å². The second-order valence-corrected chi connectivity index (χ2v) is 9.40. The summed E-state index contributed by atoms with van der Waals surface area (Å²) in [5, 5.41) is 8.95. The summed E-state index contributed by atoms with van der Waals surface area (Å²) in [4.78, 5) is 12.7. The van der Waals surface area contributed by atoms with E-state index in [0.29, 0.717) is 16.9 Å². The van der Waals surface area contributed by atoms with E-state index >= 15 is 0 Å². The fraction of sp³-hybridized carbons (Fsp3) is 0.235. The second kappa shape index (κ2) is 13.2.